The van der Waals surface area contributed by atoms with E-state index in [1.165, 1.54) is 0 Å². The zero-order valence-corrected chi connectivity index (χ0v) is 18.5. The highest BCUT2D eigenvalue weighted by atomic mass is 32.1. The molecule has 0 unspecified atom stereocenters. The summed E-state index contributed by atoms with van der Waals surface area (Å²) in [5.41, 5.74) is 9.78. The van der Waals surface area contributed by atoms with E-state index < -0.39 is 5.97 Å². The number of carboxylic acids is 1. The van der Waals surface area contributed by atoms with Crippen molar-refractivity contribution in [2.45, 2.75) is 51.3 Å². The number of nitrogens with two attached hydrogens (primary N) is 1. The molecule has 1 aliphatic rings. The van der Waals surface area contributed by atoms with Crippen molar-refractivity contribution < 1.29 is 15.0 Å². The van der Waals surface area contributed by atoms with E-state index in [1.807, 2.05) is 22.8 Å². The molecule has 0 amide bonds. The maximum Gasteiger partial charge on any atom is 0.300 e. The number of hydrogen-bond donors (Lipinski definition) is 4. The smallest absolute Gasteiger partial charge is 0.300 e. The number of aliphatic hydroxyl groups is 1. The number of imidazole rings is 1. The lowest BCUT2D eigenvalue weighted by atomic mass is 9.93. The van der Waals surface area contributed by atoms with E-state index in [9.17, 15) is 5.11 Å². The first-order valence-electron chi connectivity index (χ1n) is 10.5. The third-order valence-corrected chi connectivity index (χ3v) is 6.31. The summed E-state index contributed by atoms with van der Waals surface area (Å²) >= 11 is 1.62. The molecule has 1 aromatic carbocycles. The number of aliphatic carboxylic acids is 1. The molecule has 5 rings (SSSR count). The molecule has 1 saturated carbocycles. The van der Waals surface area contributed by atoms with Crippen molar-refractivity contribution in [1.82, 2.24) is 19.5 Å². The lowest BCUT2D eigenvalue weighted by Crippen LogP contribution is -2.36. The molecule has 0 radical (unpaired) electrons. The van der Waals surface area contributed by atoms with Crippen LogP contribution >= 0.6 is 11.3 Å². The van der Waals surface area contributed by atoms with Crippen molar-refractivity contribution in [3.8, 4) is 0 Å². The zero-order valence-electron chi connectivity index (χ0n) is 17.7. The number of nitrogens with zero attached hydrogens (tertiary/aromatic N) is 4. The Labute approximate surface area is 188 Å². The normalized spacial score (nSPS) is 18.3. The van der Waals surface area contributed by atoms with Gasteiger partial charge in [0.15, 0.2) is 10.8 Å². The van der Waals surface area contributed by atoms with Gasteiger partial charge in [-0.1, -0.05) is 30.2 Å². The Kier molecular flexibility index (Phi) is 6.52. The second kappa shape index (κ2) is 9.49. The lowest BCUT2D eigenvalue weighted by Gasteiger charge is -2.27. The highest BCUT2D eigenvalue weighted by Gasteiger charge is 2.23. The van der Waals surface area contributed by atoms with E-state index in [0.717, 1.165) is 64.7 Å². The quantitative estimate of drug-likeness (QED) is 0.367. The molecule has 5 N–H and O–H groups in total. The molecule has 9 nitrogen and oxygen atoms in total. The fourth-order valence-electron chi connectivity index (χ4n) is 3.88. The summed E-state index contributed by atoms with van der Waals surface area (Å²) in [6.07, 6.45) is 5.57. The van der Waals surface area contributed by atoms with Crippen LogP contribution in [0.2, 0.25) is 0 Å². The van der Waals surface area contributed by atoms with Gasteiger partial charge in [0.25, 0.3) is 5.97 Å². The molecule has 0 aliphatic heterocycles. The SMILES string of the molecule is CC(=O)O.Nc1nc2cccnc2n1Cc1ccc2nc(N[C@@H]3CCCC[C@H]3O)sc2c1. The summed E-state index contributed by atoms with van der Waals surface area (Å²) in [6.45, 7) is 1.69. The fourth-order valence-corrected chi connectivity index (χ4v) is 4.87. The predicted octanol–water partition coefficient (Wildman–Crippen LogP) is 3.48. The average Bonchev–Trinajstić information content (AvgIpc) is 3.29. The third kappa shape index (κ3) is 4.97. The number of benzene rings is 1. The van der Waals surface area contributed by atoms with Crippen LogP contribution in [0.15, 0.2) is 36.5 Å². The summed E-state index contributed by atoms with van der Waals surface area (Å²) in [5, 5.41) is 21.9. The van der Waals surface area contributed by atoms with Crippen LogP contribution in [-0.4, -0.2) is 47.8 Å². The molecule has 0 spiro atoms. The molecular weight excluding hydrogens is 428 g/mol. The number of anilines is 2. The van der Waals surface area contributed by atoms with Gasteiger partial charge in [-0.05, 0) is 42.7 Å². The summed E-state index contributed by atoms with van der Waals surface area (Å²) in [5.74, 6) is -0.369. The second-order valence-corrected chi connectivity index (χ2v) is 8.88. The Hall–Kier alpha value is -3.24. The van der Waals surface area contributed by atoms with Gasteiger partial charge >= 0.3 is 0 Å². The molecule has 2 atom stereocenters. The number of rotatable bonds is 4. The molecule has 0 saturated heterocycles. The number of pyridine rings is 1. The highest BCUT2D eigenvalue weighted by molar-refractivity contribution is 7.22. The van der Waals surface area contributed by atoms with E-state index in [2.05, 4.69) is 32.4 Å². The van der Waals surface area contributed by atoms with E-state index in [-0.39, 0.29) is 12.1 Å². The van der Waals surface area contributed by atoms with Gasteiger partial charge in [0.2, 0.25) is 5.95 Å². The Morgan fingerprint density at radius 3 is 2.81 bits per heavy atom. The number of carbonyl (C=O) groups is 1. The van der Waals surface area contributed by atoms with Crippen molar-refractivity contribution in [3.05, 3.63) is 42.1 Å². The fraction of sp³-hybridized carbons (Fsp3) is 0.364. The van der Waals surface area contributed by atoms with Crippen LogP contribution in [0.1, 0.15) is 38.2 Å². The summed E-state index contributed by atoms with van der Waals surface area (Å²) in [7, 11) is 0. The van der Waals surface area contributed by atoms with Crippen molar-refractivity contribution >= 4 is 49.8 Å². The monoisotopic (exact) mass is 454 g/mol. The Morgan fingerprint density at radius 2 is 2.03 bits per heavy atom. The number of aromatic nitrogens is 4. The summed E-state index contributed by atoms with van der Waals surface area (Å²) in [4.78, 5) is 22.5. The topological polar surface area (TPSA) is 139 Å². The van der Waals surface area contributed by atoms with Gasteiger partial charge in [-0.2, -0.15) is 0 Å². The maximum atomic E-state index is 10.2. The molecule has 32 heavy (non-hydrogen) atoms. The average molecular weight is 455 g/mol. The predicted molar refractivity (Wildman–Crippen MR) is 126 cm³/mol. The van der Waals surface area contributed by atoms with Gasteiger partial charge in [0, 0.05) is 13.1 Å². The van der Waals surface area contributed by atoms with E-state index in [0.29, 0.717) is 12.5 Å². The van der Waals surface area contributed by atoms with Crippen molar-refractivity contribution in [1.29, 1.82) is 0 Å². The van der Waals surface area contributed by atoms with E-state index in [1.54, 1.807) is 17.5 Å². The largest absolute Gasteiger partial charge is 0.481 e. The minimum atomic E-state index is -0.833. The molecule has 1 aliphatic carbocycles. The minimum absolute atomic E-state index is 0.0944. The first kappa shape index (κ1) is 22.0. The maximum absolute atomic E-state index is 10.2. The molecule has 1 fully saturated rings. The van der Waals surface area contributed by atoms with Gasteiger partial charge in [0.1, 0.15) is 5.52 Å². The molecule has 0 bridgehead atoms. The number of hydrogen-bond acceptors (Lipinski definition) is 8. The first-order chi connectivity index (χ1) is 15.4. The highest BCUT2D eigenvalue weighted by Crippen LogP contribution is 2.30. The molecular formula is C22H26N6O3S. The Morgan fingerprint density at radius 1 is 1.25 bits per heavy atom. The molecule has 10 heteroatoms. The minimum Gasteiger partial charge on any atom is -0.481 e. The van der Waals surface area contributed by atoms with Crippen LogP contribution in [0.25, 0.3) is 21.4 Å². The van der Waals surface area contributed by atoms with Gasteiger partial charge in [-0.15, -0.1) is 0 Å². The van der Waals surface area contributed by atoms with Gasteiger partial charge in [-0.25, -0.2) is 15.0 Å². The number of nitrogens with one attached hydrogen (secondary N) is 1. The van der Waals surface area contributed by atoms with Crippen LogP contribution in [0.4, 0.5) is 11.1 Å². The van der Waals surface area contributed by atoms with E-state index in [4.69, 9.17) is 15.6 Å². The lowest BCUT2D eigenvalue weighted by molar-refractivity contribution is -0.134. The van der Waals surface area contributed by atoms with E-state index >= 15 is 0 Å². The molecule has 168 valence electrons. The third-order valence-electron chi connectivity index (χ3n) is 5.37. The van der Waals surface area contributed by atoms with Crippen LogP contribution in [-0.2, 0) is 11.3 Å². The number of nitrogen functional groups attached to an aromatic ring is 1. The van der Waals surface area contributed by atoms with Gasteiger partial charge in [-0.3, -0.25) is 9.36 Å². The van der Waals surface area contributed by atoms with Crippen LogP contribution in [0, 0.1) is 0 Å². The standard InChI is InChI=1S/C20H22N6OS.C2H4O2/c21-19-23-15-5-3-9-22-18(15)26(19)11-12-7-8-14-17(10-12)28-20(25-14)24-13-4-1-2-6-16(13)27;1-2(3)4/h3,5,7-10,13,16,27H,1-2,4,6,11H2,(H2,21,23)(H,24,25);1H3,(H,3,4)/t13-,16-;/m1./s1. The summed E-state index contributed by atoms with van der Waals surface area (Å²) < 4.78 is 3.04. The number of carboxylic acid groups (broad SMARTS) is 1. The van der Waals surface area contributed by atoms with Crippen molar-refractivity contribution in [3.63, 3.8) is 0 Å². The molecule has 3 heterocycles. The number of aliphatic hydroxyl groups excluding tert-OH is 1. The van der Waals surface area contributed by atoms with Crippen LogP contribution < -0.4 is 11.1 Å². The van der Waals surface area contributed by atoms with Crippen molar-refractivity contribution in [2.75, 3.05) is 11.1 Å². The van der Waals surface area contributed by atoms with Crippen LogP contribution in [0.3, 0.4) is 0 Å². The zero-order chi connectivity index (χ0) is 22.7. The Bertz CT molecular complexity index is 1230. The molecule has 3 aromatic heterocycles. The van der Waals surface area contributed by atoms with Gasteiger partial charge < -0.3 is 21.3 Å². The van der Waals surface area contributed by atoms with Crippen LogP contribution in [0.5, 0.6) is 0 Å². The number of fused-ring (bicyclic) bond motifs is 2. The van der Waals surface area contributed by atoms with Crippen molar-refractivity contribution in [2.24, 2.45) is 0 Å². The second-order valence-electron chi connectivity index (χ2n) is 7.85. The summed E-state index contributed by atoms with van der Waals surface area (Å²) in [6, 6.07) is 10.1. The molecule has 4 aromatic rings. The number of thiazole rings is 1. The Balaban J connectivity index is 0.000000567. The first-order valence-corrected chi connectivity index (χ1v) is 11.3. The van der Waals surface area contributed by atoms with Gasteiger partial charge in [0.05, 0.1) is 28.9 Å².